The van der Waals surface area contributed by atoms with Gasteiger partial charge in [0.2, 0.25) is 0 Å². The lowest BCUT2D eigenvalue weighted by atomic mass is 10.3. The molecule has 0 bridgehead atoms. The Bertz CT molecular complexity index is 313. The molecule has 0 radical (unpaired) electrons. The van der Waals surface area contributed by atoms with Crippen LogP contribution in [-0.2, 0) is 0 Å². The summed E-state index contributed by atoms with van der Waals surface area (Å²) in [7, 11) is 7.19. The number of hydrogen-bond acceptors (Lipinski definition) is 3. The molecular formula is C9H12ClO3P. The van der Waals surface area contributed by atoms with Gasteiger partial charge in [-0.15, -0.1) is 0 Å². The van der Waals surface area contributed by atoms with Crippen molar-refractivity contribution in [2.45, 2.75) is 0 Å². The first-order chi connectivity index (χ1) is 6.65. The normalized spacial score (nSPS) is 9.79. The smallest absolute Gasteiger partial charge is 0.152 e. The van der Waals surface area contributed by atoms with E-state index in [2.05, 4.69) is 9.24 Å². The summed E-state index contributed by atoms with van der Waals surface area (Å²) >= 11 is 6.02. The lowest BCUT2D eigenvalue weighted by Crippen LogP contribution is -2.05. The fourth-order valence-electron chi connectivity index (χ4n) is 1.12. The van der Waals surface area contributed by atoms with Crippen LogP contribution in [0, 0.1) is 0 Å². The largest absolute Gasteiger partial charge is 0.496 e. The van der Waals surface area contributed by atoms with Gasteiger partial charge < -0.3 is 14.2 Å². The van der Waals surface area contributed by atoms with Gasteiger partial charge in [0, 0.05) is 6.07 Å². The molecule has 0 aliphatic rings. The lowest BCUT2D eigenvalue weighted by molar-refractivity contribution is 0.380. The molecule has 0 saturated heterocycles. The molecule has 1 aromatic carbocycles. The van der Waals surface area contributed by atoms with Crippen LogP contribution < -0.4 is 19.5 Å². The van der Waals surface area contributed by atoms with Crippen LogP contribution in [0.3, 0.4) is 0 Å². The predicted octanol–water partition coefficient (Wildman–Crippen LogP) is 1.87. The zero-order chi connectivity index (χ0) is 10.7. The molecule has 0 N–H and O–H groups in total. The summed E-state index contributed by atoms with van der Waals surface area (Å²) < 4.78 is 15.4. The number of methoxy groups -OCH3 is 3. The monoisotopic (exact) mass is 234 g/mol. The third-order valence-electron chi connectivity index (χ3n) is 1.83. The van der Waals surface area contributed by atoms with Crippen LogP contribution in [0.1, 0.15) is 0 Å². The molecule has 0 amide bonds. The summed E-state index contributed by atoms with van der Waals surface area (Å²) in [6.45, 7) is 0. The van der Waals surface area contributed by atoms with Crippen LogP contribution in [0.5, 0.6) is 17.2 Å². The molecule has 5 heteroatoms. The second-order valence-electron chi connectivity index (χ2n) is 2.54. The van der Waals surface area contributed by atoms with E-state index in [0.717, 1.165) is 5.30 Å². The Morgan fingerprint density at radius 3 is 2.07 bits per heavy atom. The molecule has 14 heavy (non-hydrogen) atoms. The van der Waals surface area contributed by atoms with Gasteiger partial charge in [-0.25, -0.2) is 0 Å². The summed E-state index contributed by atoms with van der Waals surface area (Å²) in [4.78, 5) is 0. The highest BCUT2D eigenvalue weighted by Gasteiger charge is 2.15. The second-order valence-corrected chi connectivity index (χ2v) is 3.50. The molecule has 1 atom stereocenters. The molecule has 1 aromatic rings. The summed E-state index contributed by atoms with van der Waals surface area (Å²) in [5.74, 6) is 1.74. The average molecular weight is 235 g/mol. The van der Waals surface area contributed by atoms with Gasteiger partial charge >= 0.3 is 0 Å². The van der Waals surface area contributed by atoms with E-state index in [1.807, 2.05) is 0 Å². The third-order valence-corrected chi connectivity index (χ3v) is 2.74. The maximum absolute atomic E-state index is 6.02. The van der Waals surface area contributed by atoms with Crippen molar-refractivity contribution in [1.29, 1.82) is 0 Å². The number of ether oxygens (including phenoxy) is 3. The van der Waals surface area contributed by atoms with E-state index < -0.39 is 0 Å². The van der Waals surface area contributed by atoms with Gasteiger partial charge in [0.05, 0.1) is 26.6 Å². The number of hydrogen-bond donors (Lipinski definition) is 0. The topological polar surface area (TPSA) is 27.7 Å². The first-order valence-corrected chi connectivity index (χ1v) is 4.85. The van der Waals surface area contributed by atoms with E-state index in [1.54, 1.807) is 27.4 Å². The van der Waals surface area contributed by atoms with Crippen LogP contribution in [0.25, 0.3) is 0 Å². The standard InChI is InChI=1S/C9H12ClO3P/c1-11-5-4-6(12-2)9(14)8(13-3)7(5)10/h4H,14H2,1-3H3. The Hall–Kier alpha value is -0.660. The molecule has 0 aliphatic carbocycles. The predicted molar refractivity (Wildman–Crippen MR) is 60.5 cm³/mol. The quantitative estimate of drug-likeness (QED) is 0.748. The van der Waals surface area contributed by atoms with Crippen LogP contribution in [0.4, 0.5) is 0 Å². The van der Waals surface area contributed by atoms with E-state index >= 15 is 0 Å². The first kappa shape index (κ1) is 11.4. The molecular weight excluding hydrogens is 223 g/mol. The van der Waals surface area contributed by atoms with Crippen LogP contribution in [0.15, 0.2) is 6.07 Å². The van der Waals surface area contributed by atoms with Gasteiger partial charge in [-0.2, -0.15) is 0 Å². The van der Waals surface area contributed by atoms with Crippen molar-refractivity contribution in [2.75, 3.05) is 21.3 Å². The maximum Gasteiger partial charge on any atom is 0.152 e. The minimum atomic E-state index is 0.445. The molecule has 0 heterocycles. The van der Waals surface area contributed by atoms with Gasteiger partial charge in [-0.05, 0) is 0 Å². The molecule has 0 spiro atoms. The Labute approximate surface area is 90.5 Å². The minimum Gasteiger partial charge on any atom is -0.496 e. The highest BCUT2D eigenvalue weighted by atomic mass is 35.5. The molecule has 0 aliphatic heterocycles. The van der Waals surface area contributed by atoms with Crippen molar-refractivity contribution in [1.82, 2.24) is 0 Å². The Kier molecular flexibility index (Phi) is 3.85. The molecule has 1 rings (SSSR count). The summed E-state index contributed by atoms with van der Waals surface area (Å²) in [5.41, 5.74) is 0. The van der Waals surface area contributed by atoms with E-state index in [0.29, 0.717) is 22.3 Å². The summed E-state index contributed by atoms with van der Waals surface area (Å²) in [5, 5.41) is 1.22. The minimum absolute atomic E-state index is 0.445. The highest BCUT2D eigenvalue weighted by Crippen LogP contribution is 2.37. The van der Waals surface area contributed by atoms with E-state index in [4.69, 9.17) is 25.8 Å². The zero-order valence-corrected chi connectivity index (χ0v) is 10.2. The van der Waals surface area contributed by atoms with Crippen LogP contribution in [0.2, 0.25) is 5.02 Å². The average Bonchev–Trinajstić information content (AvgIpc) is 2.19. The van der Waals surface area contributed by atoms with Crippen molar-refractivity contribution in [3.63, 3.8) is 0 Å². The zero-order valence-electron chi connectivity index (χ0n) is 8.26. The van der Waals surface area contributed by atoms with Crippen molar-refractivity contribution in [3.05, 3.63) is 11.1 Å². The summed E-state index contributed by atoms with van der Waals surface area (Å²) in [6.07, 6.45) is 0. The lowest BCUT2D eigenvalue weighted by Gasteiger charge is -2.13. The molecule has 0 aromatic heterocycles. The number of rotatable bonds is 3. The van der Waals surface area contributed by atoms with E-state index in [-0.39, 0.29) is 0 Å². The molecule has 0 fully saturated rings. The van der Waals surface area contributed by atoms with Gasteiger partial charge in [-0.1, -0.05) is 20.8 Å². The Morgan fingerprint density at radius 2 is 1.64 bits per heavy atom. The van der Waals surface area contributed by atoms with E-state index in [1.165, 1.54) is 0 Å². The van der Waals surface area contributed by atoms with Gasteiger partial charge in [0.25, 0.3) is 0 Å². The number of halogens is 1. The molecule has 0 saturated carbocycles. The van der Waals surface area contributed by atoms with E-state index in [9.17, 15) is 0 Å². The van der Waals surface area contributed by atoms with Gasteiger partial charge in [0.15, 0.2) is 5.75 Å². The second kappa shape index (κ2) is 4.72. The van der Waals surface area contributed by atoms with Gasteiger partial charge in [-0.3, -0.25) is 0 Å². The summed E-state index contributed by atoms with van der Waals surface area (Å²) in [6, 6.07) is 1.72. The maximum atomic E-state index is 6.02. The number of benzene rings is 1. The van der Waals surface area contributed by atoms with Crippen molar-refractivity contribution < 1.29 is 14.2 Å². The molecule has 1 unspecified atom stereocenters. The Morgan fingerprint density at radius 1 is 1.07 bits per heavy atom. The van der Waals surface area contributed by atoms with Gasteiger partial charge in [0.1, 0.15) is 16.5 Å². The van der Waals surface area contributed by atoms with Crippen LogP contribution in [-0.4, -0.2) is 21.3 Å². The fraction of sp³-hybridized carbons (Fsp3) is 0.333. The molecule has 78 valence electrons. The van der Waals surface area contributed by atoms with Crippen molar-refractivity contribution in [3.8, 4) is 17.2 Å². The van der Waals surface area contributed by atoms with Crippen molar-refractivity contribution >= 4 is 26.1 Å². The fourth-order valence-corrected chi connectivity index (χ4v) is 1.98. The highest BCUT2D eigenvalue weighted by molar-refractivity contribution is 7.28. The third kappa shape index (κ3) is 1.89. The Balaban J connectivity index is 3.39. The van der Waals surface area contributed by atoms with Crippen molar-refractivity contribution in [2.24, 2.45) is 0 Å². The van der Waals surface area contributed by atoms with Crippen LogP contribution >= 0.6 is 20.8 Å². The molecule has 3 nitrogen and oxygen atoms in total. The SMILES string of the molecule is COc1cc(OC)c(Cl)c(OC)c1P. The first-order valence-electron chi connectivity index (χ1n) is 3.89.